The van der Waals surface area contributed by atoms with Crippen molar-refractivity contribution in [3.05, 3.63) is 35.6 Å². The van der Waals surface area contributed by atoms with Crippen LogP contribution in [0.25, 0.3) is 0 Å². The predicted molar refractivity (Wildman–Crippen MR) is 57.4 cm³/mol. The first-order valence-corrected chi connectivity index (χ1v) is 5.32. The molecule has 4 heteroatoms. The number of carbonyl (C=O) groups excluding carboxylic acids is 1. The first-order chi connectivity index (χ1) is 7.59. The summed E-state index contributed by atoms with van der Waals surface area (Å²) in [5, 5.41) is 11.7. The van der Waals surface area contributed by atoms with Gasteiger partial charge in [0.05, 0.1) is 0 Å². The van der Waals surface area contributed by atoms with Gasteiger partial charge >= 0.3 is 0 Å². The number of benzene rings is 1. The van der Waals surface area contributed by atoms with Crippen LogP contribution in [0.3, 0.4) is 0 Å². The third-order valence-corrected chi connectivity index (χ3v) is 2.80. The summed E-state index contributed by atoms with van der Waals surface area (Å²) in [4.78, 5) is 11.2. The molecule has 0 aliphatic heterocycles. The maximum atomic E-state index is 13.4. The average molecular weight is 223 g/mol. The highest BCUT2D eigenvalue weighted by molar-refractivity contribution is 5.80. The molecule has 1 aliphatic carbocycles. The minimum absolute atomic E-state index is 0.0426. The van der Waals surface area contributed by atoms with Gasteiger partial charge in [0, 0.05) is 12.0 Å². The Morgan fingerprint density at radius 2 is 2.25 bits per heavy atom. The van der Waals surface area contributed by atoms with E-state index in [9.17, 15) is 9.18 Å². The lowest BCUT2D eigenvalue weighted by molar-refractivity contribution is -0.128. The summed E-state index contributed by atoms with van der Waals surface area (Å²) in [6.45, 7) is 1.41. The summed E-state index contributed by atoms with van der Waals surface area (Å²) >= 11 is 0. The van der Waals surface area contributed by atoms with E-state index < -0.39 is 12.0 Å². The Morgan fingerprint density at radius 3 is 2.88 bits per heavy atom. The number of hydrogen-bond donors (Lipinski definition) is 2. The van der Waals surface area contributed by atoms with Gasteiger partial charge in [0.15, 0.2) is 0 Å². The smallest absolute Gasteiger partial charge is 0.248 e. The van der Waals surface area contributed by atoms with Crippen molar-refractivity contribution in [3.63, 3.8) is 0 Å². The summed E-state index contributed by atoms with van der Waals surface area (Å²) in [6.07, 6.45) is -0.277. The molecule has 3 unspecified atom stereocenters. The van der Waals surface area contributed by atoms with Gasteiger partial charge in [-0.05, 0) is 25.0 Å². The van der Waals surface area contributed by atoms with Crippen molar-refractivity contribution in [3.8, 4) is 0 Å². The van der Waals surface area contributed by atoms with Crippen molar-refractivity contribution in [1.29, 1.82) is 0 Å². The zero-order chi connectivity index (χ0) is 11.7. The molecule has 0 spiro atoms. The molecule has 0 heterocycles. The van der Waals surface area contributed by atoms with E-state index in [2.05, 4.69) is 5.32 Å². The molecule has 16 heavy (non-hydrogen) atoms. The van der Waals surface area contributed by atoms with Crippen molar-refractivity contribution < 1.29 is 14.3 Å². The van der Waals surface area contributed by atoms with E-state index >= 15 is 0 Å². The molecule has 1 amide bonds. The molecule has 2 rings (SSSR count). The standard InChI is InChI=1S/C12H14FNO2/c1-7(15)12(16)14-11-6-9(11)8-4-2-3-5-10(8)13/h2-5,7,9,11,15H,6H2,1H3,(H,14,16). The maximum Gasteiger partial charge on any atom is 0.248 e. The SMILES string of the molecule is CC(O)C(=O)NC1CC1c1ccccc1F. The van der Waals surface area contributed by atoms with Gasteiger partial charge in [-0.3, -0.25) is 4.79 Å². The van der Waals surface area contributed by atoms with Gasteiger partial charge in [-0.1, -0.05) is 18.2 Å². The summed E-state index contributed by atoms with van der Waals surface area (Å²) in [6, 6.07) is 6.53. The van der Waals surface area contributed by atoms with Gasteiger partial charge < -0.3 is 10.4 Å². The van der Waals surface area contributed by atoms with Crippen molar-refractivity contribution in [1.82, 2.24) is 5.32 Å². The number of carbonyl (C=O) groups is 1. The van der Waals surface area contributed by atoms with Crippen LogP contribution in [0.15, 0.2) is 24.3 Å². The molecule has 0 radical (unpaired) electrons. The van der Waals surface area contributed by atoms with E-state index in [1.165, 1.54) is 13.0 Å². The van der Waals surface area contributed by atoms with Crippen LogP contribution in [0.2, 0.25) is 0 Å². The van der Waals surface area contributed by atoms with Crippen LogP contribution in [0.1, 0.15) is 24.8 Å². The van der Waals surface area contributed by atoms with Crippen LogP contribution >= 0.6 is 0 Å². The minimum Gasteiger partial charge on any atom is -0.384 e. The van der Waals surface area contributed by atoms with Crippen LogP contribution in [0.5, 0.6) is 0 Å². The predicted octanol–water partition coefficient (Wildman–Crippen LogP) is 1.18. The average Bonchev–Trinajstić information content (AvgIpc) is 2.97. The maximum absolute atomic E-state index is 13.4. The van der Waals surface area contributed by atoms with E-state index in [4.69, 9.17) is 5.11 Å². The zero-order valence-electron chi connectivity index (χ0n) is 8.98. The molecule has 3 nitrogen and oxygen atoms in total. The van der Waals surface area contributed by atoms with E-state index in [-0.39, 0.29) is 17.8 Å². The third-order valence-electron chi connectivity index (χ3n) is 2.80. The molecule has 0 saturated heterocycles. The Bertz CT molecular complexity index is 406. The molecule has 1 fully saturated rings. The Hall–Kier alpha value is -1.42. The topological polar surface area (TPSA) is 49.3 Å². The van der Waals surface area contributed by atoms with Gasteiger partial charge in [0.1, 0.15) is 11.9 Å². The number of amides is 1. The second-order valence-electron chi connectivity index (χ2n) is 4.15. The Labute approximate surface area is 93.3 Å². The molecular formula is C12H14FNO2. The van der Waals surface area contributed by atoms with Gasteiger partial charge in [-0.15, -0.1) is 0 Å². The Kier molecular flexibility index (Phi) is 2.92. The van der Waals surface area contributed by atoms with Gasteiger partial charge in [0.25, 0.3) is 0 Å². The Morgan fingerprint density at radius 1 is 1.56 bits per heavy atom. The fourth-order valence-electron chi connectivity index (χ4n) is 1.78. The van der Waals surface area contributed by atoms with E-state index in [0.717, 1.165) is 6.42 Å². The van der Waals surface area contributed by atoms with Gasteiger partial charge in [-0.25, -0.2) is 4.39 Å². The molecule has 0 aromatic heterocycles. The molecule has 1 saturated carbocycles. The van der Waals surface area contributed by atoms with Crippen LogP contribution in [0, 0.1) is 5.82 Å². The third kappa shape index (κ3) is 2.22. The van der Waals surface area contributed by atoms with Crippen molar-refractivity contribution in [2.24, 2.45) is 0 Å². The summed E-state index contributed by atoms with van der Waals surface area (Å²) in [7, 11) is 0. The second-order valence-corrected chi connectivity index (χ2v) is 4.15. The summed E-state index contributed by atoms with van der Waals surface area (Å²) in [5.74, 6) is -0.589. The molecule has 2 N–H and O–H groups in total. The number of nitrogens with one attached hydrogen (secondary N) is 1. The van der Waals surface area contributed by atoms with E-state index in [1.807, 2.05) is 0 Å². The molecule has 1 aliphatic rings. The van der Waals surface area contributed by atoms with Crippen LogP contribution in [0.4, 0.5) is 4.39 Å². The summed E-state index contributed by atoms with van der Waals surface area (Å²) in [5.41, 5.74) is 0.637. The first kappa shape index (κ1) is 11.1. The normalized spacial score (nSPS) is 24.9. The zero-order valence-corrected chi connectivity index (χ0v) is 8.98. The van der Waals surface area contributed by atoms with E-state index in [1.54, 1.807) is 18.2 Å². The lowest BCUT2D eigenvalue weighted by Gasteiger charge is -2.06. The monoisotopic (exact) mass is 223 g/mol. The number of hydrogen-bond acceptors (Lipinski definition) is 2. The fourth-order valence-corrected chi connectivity index (χ4v) is 1.78. The molecule has 0 bridgehead atoms. The first-order valence-electron chi connectivity index (χ1n) is 5.32. The molecule has 86 valence electrons. The van der Waals surface area contributed by atoms with Gasteiger partial charge in [-0.2, -0.15) is 0 Å². The van der Waals surface area contributed by atoms with Crippen molar-refractivity contribution in [2.45, 2.75) is 31.4 Å². The molecule has 1 aromatic rings. The quantitative estimate of drug-likeness (QED) is 0.808. The summed E-state index contributed by atoms with van der Waals surface area (Å²) < 4.78 is 13.4. The Balaban J connectivity index is 1.97. The number of halogens is 1. The minimum atomic E-state index is -1.01. The highest BCUT2D eigenvalue weighted by Gasteiger charge is 2.41. The highest BCUT2D eigenvalue weighted by Crippen LogP contribution is 2.41. The molecular weight excluding hydrogens is 209 g/mol. The number of rotatable bonds is 3. The largest absolute Gasteiger partial charge is 0.384 e. The van der Waals surface area contributed by atoms with Crippen molar-refractivity contribution >= 4 is 5.91 Å². The van der Waals surface area contributed by atoms with Crippen LogP contribution in [-0.4, -0.2) is 23.2 Å². The van der Waals surface area contributed by atoms with E-state index in [0.29, 0.717) is 5.56 Å². The van der Waals surface area contributed by atoms with Crippen LogP contribution in [-0.2, 0) is 4.79 Å². The highest BCUT2D eigenvalue weighted by atomic mass is 19.1. The number of aliphatic hydroxyl groups excluding tert-OH is 1. The molecule has 1 aromatic carbocycles. The second kappa shape index (κ2) is 4.22. The van der Waals surface area contributed by atoms with Gasteiger partial charge in [0.2, 0.25) is 5.91 Å². The fraction of sp³-hybridized carbons (Fsp3) is 0.417. The number of aliphatic hydroxyl groups is 1. The van der Waals surface area contributed by atoms with Crippen molar-refractivity contribution in [2.75, 3.05) is 0 Å². The lowest BCUT2D eigenvalue weighted by Crippen LogP contribution is -2.34. The van der Waals surface area contributed by atoms with Crippen LogP contribution < -0.4 is 5.32 Å². The molecule has 3 atom stereocenters. The lowest BCUT2D eigenvalue weighted by atomic mass is 10.1.